The summed E-state index contributed by atoms with van der Waals surface area (Å²) in [6.45, 7) is 1.80. The SMILES string of the molecule is CCCN(CC(=O)O)C(=O)NC1CCCS(=O)(=O)C1. The molecule has 2 N–H and O–H groups in total. The van der Waals surface area contributed by atoms with Gasteiger partial charge in [0.25, 0.3) is 0 Å². The van der Waals surface area contributed by atoms with Crippen molar-refractivity contribution in [3.8, 4) is 0 Å². The molecule has 1 fully saturated rings. The van der Waals surface area contributed by atoms with Crippen LogP contribution in [-0.2, 0) is 14.6 Å². The molecule has 1 rings (SSSR count). The fourth-order valence-electron chi connectivity index (χ4n) is 2.09. The van der Waals surface area contributed by atoms with Crippen molar-refractivity contribution in [2.45, 2.75) is 32.2 Å². The normalized spacial score (nSPS) is 21.6. The molecule has 8 heteroatoms. The van der Waals surface area contributed by atoms with E-state index in [0.717, 1.165) is 0 Å². The number of hydrogen-bond donors (Lipinski definition) is 2. The number of sulfone groups is 1. The van der Waals surface area contributed by atoms with Gasteiger partial charge >= 0.3 is 12.0 Å². The molecule has 19 heavy (non-hydrogen) atoms. The van der Waals surface area contributed by atoms with E-state index in [9.17, 15) is 18.0 Å². The zero-order valence-electron chi connectivity index (χ0n) is 11.0. The van der Waals surface area contributed by atoms with Gasteiger partial charge in [-0.05, 0) is 19.3 Å². The lowest BCUT2D eigenvalue weighted by atomic mass is 10.2. The molecule has 0 aromatic rings. The van der Waals surface area contributed by atoms with Crippen LogP contribution in [0.5, 0.6) is 0 Å². The molecule has 2 amide bonds. The molecule has 0 radical (unpaired) electrons. The monoisotopic (exact) mass is 292 g/mol. The van der Waals surface area contributed by atoms with Gasteiger partial charge in [0, 0.05) is 12.6 Å². The Kier molecular flexibility index (Phi) is 5.59. The minimum Gasteiger partial charge on any atom is -0.480 e. The van der Waals surface area contributed by atoms with Crippen molar-refractivity contribution in [3.63, 3.8) is 0 Å². The molecule has 0 spiro atoms. The van der Waals surface area contributed by atoms with Crippen LogP contribution >= 0.6 is 0 Å². The summed E-state index contributed by atoms with van der Waals surface area (Å²) in [7, 11) is -3.09. The number of carbonyl (C=O) groups excluding carboxylic acids is 1. The van der Waals surface area contributed by atoms with Gasteiger partial charge in [-0.2, -0.15) is 0 Å². The Morgan fingerprint density at radius 3 is 2.63 bits per heavy atom. The summed E-state index contributed by atoms with van der Waals surface area (Å²) >= 11 is 0. The first-order valence-corrected chi connectivity index (χ1v) is 8.14. The summed E-state index contributed by atoms with van der Waals surface area (Å²) in [5.41, 5.74) is 0. The summed E-state index contributed by atoms with van der Waals surface area (Å²) in [5, 5.41) is 11.3. The zero-order valence-corrected chi connectivity index (χ0v) is 11.8. The highest BCUT2D eigenvalue weighted by Crippen LogP contribution is 2.12. The minimum atomic E-state index is -3.09. The molecular weight excluding hydrogens is 272 g/mol. The highest BCUT2D eigenvalue weighted by Gasteiger charge is 2.27. The number of nitrogens with one attached hydrogen (secondary N) is 1. The fraction of sp³-hybridized carbons (Fsp3) is 0.818. The van der Waals surface area contributed by atoms with Crippen LogP contribution in [0.1, 0.15) is 26.2 Å². The quantitative estimate of drug-likeness (QED) is 0.746. The lowest BCUT2D eigenvalue weighted by Crippen LogP contribution is -2.50. The van der Waals surface area contributed by atoms with Crippen molar-refractivity contribution in [1.29, 1.82) is 0 Å². The number of rotatable bonds is 5. The topological polar surface area (TPSA) is 104 Å². The van der Waals surface area contributed by atoms with Crippen LogP contribution in [-0.4, -0.2) is 61.1 Å². The molecule has 1 heterocycles. The first-order valence-electron chi connectivity index (χ1n) is 6.31. The molecule has 0 aromatic heterocycles. The maximum absolute atomic E-state index is 11.9. The van der Waals surface area contributed by atoms with Gasteiger partial charge in [-0.1, -0.05) is 6.92 Å². The Bertz CT molecular complexity index is 434. The standard InChI is InChI=1S/C11H20N2O5S/c1-2-5-13(7-10(14)15)11(16)12-9-4-3-6-19(17,18)8-9/h9H,2-8H2,1H3,(H,12,16)(H,14,15). The van der Waals surface area contributed by atoms with Crippen LogP contribution in [0.2, 0.25) is 0 Å². The number of hydrogen-bond acceptors (Lipinski definition) is 4. The van der Waals surface area contributed by atoms with Crippen molar-refractivity contribution < 1.29 is 23.1 Å². The number of carboxylic acids is 1. The second-order valence-electron chi connectivity index (χ2n) is 4.72. The highest BCUT2D eigenvalue weighted by molar-refractivity contribution is 7.91. The van der Waals surface area contributed by atoms with E-state index in [4.69, 9.17) is 5.11 Å². The van der Waals surface area contributed by atoms with Gasteiger partial charge in [-0.25, -0.2) is 13.2 Å². The summed E-state index contributed by atoms with van der Waals surface area (Å²) < 4.78 is 22.9. The van der Waals surface area contributed by atoms with Crippen LogP contribution < -0.4 is 5.32 Å². The molecule has 1 aliphatic heterocycles. The third-order valence-corrected chi connectivity index (χ3v) is 4.72. The fourth-order valence-corrected chi connectivity index (χ4v) is 3.72. The van der Waals surface area contributed by atoms with Crippen LogP contribution in [0, 0.1) is 0 Å². The average Bonchev–Trinajstić information content (AvgIpc) is 2.26. The number of nitrogens with zero attached hydrogens (tertiary/aromatic N) is 1. The average molecular weight is 292 g/mol. The van der Waals surface area contributed by atoms with E-state index in [1.807, 2.05) is 6.92 Å². The molecule has 0 aliphatic carbocycles. The Hall–Kier alpha value is -1.31. The Morgan fingerprint density at radius 2 is 2.11 bits per heavy atom. The van der Waals surface area contributed by atoms with Gasteiger partial charge < -0.3 is 15.3 Å². The van der Waals surface area contributed by atoms with Crippen molar-refractivity contribution in [1.82, 2.24) is 10.2 Å². The molecule has 0 bridgehead atoms. The molecular formula is C11H20N2O5S. The largest absolute Gasteiger partial charge is 0.480 e. The number of carbonyl (C=O) groups is 2. The first kappa shape index (κ1) is 15.7. The van der Waals surface area contributed by atoms with Crippen LogP contribution in [0.4, 0.5) is 4.79 Å². The number of carboxylic acid groups (broad SMARTS) is 1. The lowest BCUT2D eigenvalue weighted by Gasteiger charge is -2.27. The molecule has 1 saturated heterocycles. The highest BCUT2D eigenvalue weighted by atomic mass is 32.2. The van der Waals surface area contributed by atoms with E-state index in [2.05, 4.69) is 5.32 Å². The molecule has 110 valence electrons. The third kappa shape index (κ3) is 5.46. The Morgan fingerprint density at radius 1 is 1.42 bits per heavy atom. The zero-order chi connectivity index (χ0) is 14.5. The molecule has 7 nitrogen and oxygen atoms in total. The van der Waals surface area contributed by atoms with Gasteiger partial charge in [-0.3, -0.25) is 4.79 Å². The number of urea groups is 1. The minimum absolute atomic E-state index is 0.0637. The summed E-state index contributed by atoms with van der Waals surface area (Å²) in [6.07, 6.45) is 1.78. The predicted molar refractivity (Wildman–Crippen MR) is 69.7 cm³/mol. The molecule has 1 aliphatic rings. The lowest BCUT2D eigenvalue weighted by molar-refractivity contribution is -0.137. The van der Waals surface area contributed by atoms with Gasteiger partial charge in [-0.15, -0.1) is 0 Å². The van der Waals surface area contributed by atoms with Crippen molar-refractivity contribution >= 4 is 21.8 Å². The second kappa shape index (κ2) is 6.74. The molecule has 0 aromatic carbocycles. The summed E-state index contributed by atoms with van der Waals surface area (Å²) in [4.78, 5) is 23.8. The van der Waals surface area contributed by atoms with E-state index < -0.39 is 27.9 Å². The van der Waals surface area contributed by atoms with Crippen LogP contribution in [0.25, 0.3) is 0 Å². The first-order chi connectivity index (χ1) is 8.84. The number of aliphatic carboxylic acids is 1. The third-order valence-electron chi connectivity index (χ3n) is 2.90. The van der Waals surface area contributed by atoms with Crippen molar-refractivity contribution in [2.24, 2.45) is 0 Å². The molecule has 0 saturated carbocycles. The summed E-state index contributed by atoms with van der Waals surface area (Å²) in [5.74, 6) is -0.987. The van der Waals surface area contributed by atoms with E-state index in [1.54, 1.807) is 0 Å². The van der Waals surface area contributed by atoms with E-state index in [1.165, 1.54) is 4.90 Å². The number of amides is 2. The smallest absolute Gasteiger partial charge is 0.323 e. The maximum Gasteiger partial charge on any atom is 0.323 e. The van der Waals surface area contributed by atoms with Crippen LogP contribution in [0.3, 0.4) is 0 Å². The van der Waals surface area contributed by atoms with E-state index >= 15 is 0 Å². The van der Waals surface area contributed by atoms with Crippen molar-refractivity contribution in [3.05, 3.63) is 0 Å². The summed E-state index contributed by atoms with van der Waals surface area (Å²) in [6, 6.07) is -0.925. The predicted octanol–water partition coefficient (Wildman–Crippen LogP) is 0.0698. The van der Waals surface area contributed by atoms with Crippen molar-refractivity contribution in [2.75, 3.05) is 24.6 Å². The van der Waals surface area contributed by atoms with Gasteiger partial charge in [0.05, 0.1) is 11.5 Å². The van der Waals surface area contributed by atoms with Crippen LogP contribution in [0.15, 0.2) is 0 Å². The second-order valence-corrected chi connectivity index (χ2v) is 6.95. The van der Waals surface area contributed by atoms with E-state index in [0.29, 0.717) is 25.8 Å². The Labute approximate surface area is 112 Å². The molecule has 1 atom stereocenters. The van der Waals surface area contributed by atoms with Gasteiger partial charge in [0.15, 0.2) is 9.84 Å². The van der Waals surface area contributed by atoms with Gasteiger partial charge in [0.1, 0.15) is 6.54 Å². The Balaban J connectivity index is 2.58. The van der Waals surface area contributed by atoms with Gasteiger partial charge in [0.2, 0.25) is 0 Å². The maximum atomic E-state index is 11.9. The molecule has 1 unspecified atom stereocenters. The van der Waals surface area contributed by atoms with E-state index in [-0.39, 0.29) is 18.1 Å².